The van der Waals surface area contributed by atoms with E-state index in [-0.39, 0.29) is 5.69 Å². The first kappa shape index (κ1) is 13.0. The summed E-state index contributed by atoms with van der Waals surface area (Å²) in [4.78, 5) is 14.6. The second-order valence-electron chi connectivity index (χ2n) is 3.78. The molecule has 2 rings (SSSR count). The van der Waals surface area contributed by atoms with Gasteiger partial charge in [0.15, 0.2) is 0 Å². The minimum atomic E-state index is -0.480. The summed E-state index contributed by atoms with van der Waals surface area (Å²) in [6.45, 7) is 0. The summed E-state index contributed by atoms with van der Waals surface area (Å²) >= 11 is 5.83. The average molecular weight is 276 g/mol. The monoisotopic (exact) mass is 275 g/mol. The number of anilines is 1. The molecule has 0 aliphatic carbocycles. The first-order chi connectivity index (χ1) is 9.08. The van der Waals surface area contributed by atoms with E-state index in [4.69, 9.17) is 17.3 Å². The molecule has 0 radical (unpaired) electrons. The van der Waals surface area contributed by atoms with E-state index in [9.17, 15) is 10.1 Å². The predicted octanol–water partition coefficient (Wildman–Crippen LogP) is 3.58. The molecule has 2 N–H and O–H groups in total. The van der Waals surface area contributed by atoms with Gasteiger partial charge in [-0.1, -0.05) is 23.7 Å². The molecule has 96 valence electrons. The van der Waals surface area contributed by atoms with Crippen LogP contribution in [0.4, 0.5) is 17.1 Å². The van der Waals surface area contributed by atoms with Crippen molar-refractivity contribution in [1.82, 2.24) is 0 Å². The van der Waals surface area contributed by atoms with Gasteiger partial charge in [0.05, 0.1) is 21.9 Å². The fraction of sp³-hybridized carbons (Fsp3) is 0. The van der Waals surface area contributed by atoms with Crippen molar-refractivity contribution < 1.29 is 4.92 Å². The maximum absolute atomic E-state index is 10.9. The SMILES string of the molecule is Nc1ccccc1N=Cc1cc(Cl)ccc1[N+](=O)[O-]. The number of benzene rings is 2. The van der Waals surface area contributed by atoms with Crippen LogP contribution in [0.25, 0.3) is 0 Å². The molecule has 0 heterocycles. The van der Waals surface area contributed by atoms with Gasteiger partial charge in [-0.2, -0.15) is 0 Å². The Morgan fingerprint density at radius 2 is 2.00 bits per heavy atom. The minimum Gasteiger partial charge on any atom is -0.397 e. The van der Waals surface area contributed by atoms with Gasteiger partial charge in [-0.25, -0.2) is 0 Å². The van der Waals surface area contributed by atoms with E-state index in [2.05, 4.69) is 4.99 Å². The summed E-state index contributed by atoms with van der Waals surface area (Å²) < 4.78 is 0. The van der Waals surface area contributed by atoms with Crippen molar-refractivity contribution in [3.05, 3.63) is 63.2 Å². The summed E-state index contributed by atoms with van der Waals surface area (Å²) in [5, 5.41) is 11.3. The summed E-state index contributed by atoms with van der Waals surface area (Å²) in [5.41, 5.74) is 7.08. The molecular weight excluding hydrogens is 266 g/mol. The molecule has 2 aromatic carbocycles. The van der Waals surface area contributed by atoms with Gasteiger partial charge in [-0.05, 0) is 24.3 Å². The smallest absolute Gasteiger partial charge is 0.278 e. The van der Waals surface area contributed by atoms with Crippen LogP contribution >= 0.6 is 11.6 Å². The van der Waals surface area contributed by atoms with Crippen molar-refractivity contribution in [3.8, 4) is 0 Å². The predicted molar refractivity (Wildman–Crippen MR) is 76.2 cm³/mol. The van der Waals surface area contributed by atoms with Crippen molar-refractivity contribution in [2.24, 2.45) is 4.99 Å². The molecule has 0 bridgehead atoms. The van der Waals surface area contributed by atoms with Gasteiger partial charge in [-0.3, -0.25) is 15.1 Å². The first-order valence-electron chi connectivity index (χ1n) is 5.40. The third-order valence-electron chi connectivity index (χ3n) is 2.47. The number of nitrogens with zero attached hydrogens (tertiary/aromatic N) is 2. The number of nitro groups is 1. The summed E-state index contributed by atoms with van der Waals surface area (Å²) in [7, 11) is 0. The highest BCUT2D eigenvalue weighted by molar-refractivity contribution is 6.31. The number of aliphatic imine (C=N–C) groups is 1. The van der Waals surface area contributed by atoms with E-state index < -0.39 is 4.92 Å². The second-order valence-corrected chi connectivity index (χ2v) is 4.21. The van der Waals surface area contributed by atoms with Crippen LogP contribution in [-0.2, 0) is 0 Å². The van der Waals surface area contributed by atoms with E-state index in [1.165, 1.54) is 24.4 Å². The molecule has 19 heavy (non-hydrogen) atoms. The number of para-hydroxylation sites is 2. The summed E-state index contributed by atoms with van der Waals surface area (Å²) in [6.07, 6.45) is 1.38. The normalized spacial score (nSPS) is 10.8. The number of hydrogen-bond donors (Lipinski definition) is 1. The Balaban J connectivity index is 2.41. The third-order valence-corrected chi connectivity index (χ3v) is 2.70. The zero-order valence-corrected chi connectivity index (χ0v) is 10.5. The van der Waals surface area contributed by atoms with E-state index in [0.717, 1.165) is 0 Å². The van der Waals surface area contributed by atoms with E-state index >= 15 is 0 Å². The van der Waals surface area contributed by atoms with Crippen LogP contribution in [0.3, 0.4) is 0 Å². The van der Waals surface area contributed by atoms with E-state index in [1.807, 2.05) is 0 Å². The number of halogens is 1. The number of nitro benzene ring substituents is 1. The molecule has 0 atom stereocenters. The van der Waals surface area contributed by atoms with Gasteiger partial charge in [0.1, 0.15) is 0 Å². The highest BCUT2D eigenvalue weighted by Crippen LogP contribution is 2.24. The molecule has 6 heteroatoms. The highest BCUT2D eigenvalue weighted by atomic mass is 35.5. The van der Waals surface area contributed by atoms with Gasteiger partial charge in [0.25, 0.3) is 5.69 Å². The first-order valence-corrected chi connectivity index (χ1v) is 5.78. The largest absolute Gasteiger partial charge is 0.397 e. The lowest BCUT2D eigenvalue weighted by Crippen LogP contribution is -1.94. The number of nitrogens with two attached hydrogens (primary N) is 1. The fourth-order valence-electron chi connectivity index (χ4n) is 1.54. The van der Waals surface area contributed by atoms with Crippen molar-refractivity contribution in [1.29, 1.82) is 0 Å². The topological polar surface area (TPSA) is 81.5 Å². The number of rotatable bonds is 3. The second kappa shape index (κ2) is 5.49. The third kappa shape index (κ3) is 3.08. The van der Waals surface area contributed by atoms with Gasteiger partial charge in [-0.15, -0.1) is 0 Å². The molecular formula is C13H10ClN3O2. The zero-order valence-electron chi connectivity index (χ0n) is 9.79. The van der Waals surface area contributed by atoms with Gasteiger partial charge in [0.2, 0.25) is 0 Å². The van der Waals surface area contributed by atoms with Crippen LogP contribution < -0.4 is 5.73 Å². The standard InChI is InChI=1S/C13H10ClN3O2/c14-10-5-6-13(17(18)19)9(7-10)8-16-12-4-2-1-3-11(12)15/h1-8H,15H2. The van der Waals surface area contributed by atoms with Gasteiger partial charge in [0, 0.05) is 17.3 Å². The van der Waals surface area contributed by atoms with Crippen LogP contribution in [-0.4, -0.2) is 11.1 Å². The Morgan fingerprint density at radius 1 is 1.26 bits per heavy atom. The molecule has 0 aliphatic rings. The van der Waals surface area contributed by atoms with Crippen LogP contribution in [0, 0.1) is 10.1 Å². The zero-order chi connectivity index (χ0) is 13.8. The van der Waals surface area contributed by atoms with Crippen LogP contribution in [0.1, 0.15) is 5.56 Å². The Morgan fingerprint density at radius 3 is 2.68 bits per heavy atom. The molecule has 2 aromatic rings. The molecule has 5 nitrogen and oxygen atoms in total. The Bertz CT molecular complexity index is 656. The Labute approximate surface area is 114 Å². The average Bonchev–Trinajstić information content (AvgIpc) is 2.37. The Hall–Kier alpha value is -2.40. The number of nitrogen functional groups attached to an aromatic ring is 1. The van der Waals surface area contributed by atoms with E-state index in [1.54, 1.807) is 24.3 Å². The van der Waals surface area contributed by atoms with Crippen molar-refractivity contribution >= 4 is 34.9 Å². The van der Waals surface area contributed by atoms with Crippen molar-refractivity contribution in [2.75, 3.05) is 5.73 Å². The van der Waals surface area contributed by atoms with Crippen LogP contribution in [0.15, 0.2) is 47.5 Å². The fourth-order valence-corrected chi connectivity index (χ4v) is 1.72. The van der Waals surface area contributed by atoms with Crippen molar-refractivity contribution in [3.63, 3.8) is 0 Å². The molecule has 0 saturated heterocycles. The highest BCUT2D eigenvalue weighted by Gasteiger charge is 2.12. The van der Waals surface area contributed by atoms with Crippen LogP contribution in [0.2, 0.25) is 5.02 Å². The molecule has 0 unspecified atom stereocenters. The lowest BCUT2D eigenvalue weighted by molar-refractivity contribution is -0.385. The lowest BCUT2D eigenvalue weighted by Gasteiger charge is -2.00. The molecule has 0 aromatic heterocycles. The lowest BCUT2D eigenvalue weighted by atomic mass is 10.2. The van der Waals surface area contributed by atoms with Gasteiger partial charge >= 0.3 is 0 Å². The van der Waals surface area contributed by atoms with Crippen LogP contribution in [0.5, 0.6) is 0 Å². The Kier molecular flexibility index (Phi) is 3.77. The quantitative estimate of drug-likeness (QED) is 0.402. The maximum atomic E-state index is 10.9. The molecule has 0 saturated carbocycles. The molecule has 0 spiro atoms. The minimum absolute atomic E-state index is 0.0531. The van der Waals surface area contributed by atoms with E-state index in [0.29, 0.717) is 22.0 Å². The summed E-state index contributed by atoms with van der Waals surface area (Å²) in [5.74, 6) is 0. The van der Waals surface area contributed by atoms with Crippen molar-refractivity contribution in [2.45, 2.75) is 0 Å². The van der Waals surface area contributed by atoms with Gasteiger partial charge < -0.3 is 5.73 Å². The molecule has 0 fully saturated rings. The molecule has 0 amide bonds. The number of hydrogen-bond acceptors (Lipinski definition) is 4. The maximum Gasteiger partial charge on any atom is 0.278 e. The summed E-state index contributed by atoms with van der Waals surface area (Å²) in [6, 6.07) is 11.3. The molecule has 0 aliphatic heterocycles.